The van der Waals surface area contributed by atoms with Gasteiger partial charge < -0.3 is 9.47 Å². The fraction of sp³-hybridized carbons (Fsp3) is 0.588. The largest absolute Gasteiger partial charge is 0.496 e. The van der Waals surface area contributed by atoms with Gasteiger partial charge in [0.15, 0.2) is 0 Å². The van der Waals surface area contributed by atoms with E-state index in [2.05, 4.69) is 0 Å². The van der Waals surface area contributed by atoms with Crippen LogP contribution in [0.3, 0.4) is 0 Å². The highest BCUT2D eigenvalue weighted by Gasteiger charge is 2.34. The van der Waals surface area contributed by atoms with E-state index in [-0.39, 0.29) is 23.0 Å². The van der Waals surface area contributed by atoms with Gasteiger partial charge in [0.1, 0.15) is 11.3 Å². The van der Waals surface area contributed by atoms with Crippen LogP contribution in [0.1, 0.15) is 51.9 Å². The summed E-state index contributed by atoms with van der Waals surface area (Å²) in [6, 6.07) is 0. The predicted molar refractivity (Wildman–Crippen MR) is 80.0 cm³/mol. The Kier molecular flexibility index (Phi) is 5.52. The maximum absolute atomic E-state index is 12.4. The SMILES string of the molecule is COC1=CC(=O)C(=O)C2=C1C(=O)O[C@H](C)CCCCCCC2. The Bertz CT molecular complexity index is 541. The van der Waals surface area contributed by atoms with Crippen LogP contribution in [0.5, 0.6) is 0 Å². The molecule has 0 bridgehead atoms. The van der Waals surface area contributed by atoms with Crippen molar-refractivity contribution in [3.8, 4) is 0 Å². The molecule has 2 rings (SSSR count). The Balaban J connectivity index is 2.39. The first-order chi connectivity index (χ1) is 10.5. The Morgan fingerprint density at radius 2 is 1.77 bits per heavy atom. The maximum atomic E-state index is 12.4. The molecule has 0 aromatic heterocycles. The maximum Gasteiger partial charge on any atom is 0.342 e. The summed E-state index contributed by atoms with van der Waals surface area (Å²) >= 11 is 0. The number of methoxy groups -OCH3 is 1. The van der Waals surface area contributed by atoms with Crippen LogP contribution in [-0.4, -0.2) is 30.7 Å². The Morgan fingerprint density at radius 1 is 1.09 bits per heavy atom. The molecule has 0 spiro atoms. The molecule has 0 amide bonds. The number of cyclic esters (lactones) is 1. The van der Waals surface area contributed by atoms with Gasteiger partial charge in [-0.05, 0) is 32.6 Å². The van der Waals surface area contributed by atoms with Crippen LogP contribution in [-0.2, 0) is 23.9 Å². The van der Waals surface area contributed by atoms with Crippen LogP contribution in [0, 0.1) is 0 Å². The van der Waals surface area contributed by atoms with Crippen LogP contribution in [0.25, 0.3) is 0 Å². The van der Waals surface area contributed by atoms with E-state index < -0.39 is 17.5 Å². The fourth-order valence-electron chi connectivity index (χ4n) is 2.86. The van der Waals surface area contributed by atoms with Crippen LogP contribution >= 0.6 is 0 Å². The van der Waals surface area contributed by atoms with E-state index in [0.717, 1.165) is 44.6 Å². The van der Waals surface area contributed by atoms with E-state index in [0.29, 0.717) is 6.42 Å². The van der Waals surface area contributed by atoms with Crippen molar-refractivity contribution in [2.24, 2.45) is 0 Å². The molecule has 1 aliphatic heterocycles. The van der Waals surface area contributed by atoms with Crippen molar-refractivity contribution >= 4 is 17.5 Å². The van der Waals surface area contributed by atoms with Gasteiger partial charge in [-0.1, -0.05) is 19.3 Å². The summed E-state index contributed by atoms with van der Waals surface area (Å²) in [5.41, 5.74) is 0.363. The van der Waals surface area contributed by atoms with Gasteiger partial charge >= 0.3 is 5.97 Å². The average Bonchev–Trinajstić information content (AvgIpc) is 2.48. The number of esters is 1. The van der Waals surface area contributed by atoms with Crippen molar-refractivity contribution < 1.29 is 23.9 Å². The topological polar surface area (TPSA) is 69.7 Å². The molecule has 5 heteroatoms. The number of ether oxygens (including phenoxy) is 2. The summed E-state index contributed by atoms with van der Waals surface area (Å²) in [5.74, 6) is -1.69. The first-order valence-electron chi connectivity index (χ1n) is 7.83. The smallest absolute Gasteiger partial charge is 0.342 e. The van der Waals surface area contributed by atoms with Crippen LogP contribution < -0.4 is 0 Å². The van der Waals surface area contributed by atoms with Crippen molar-refractivity contribution in [3.05, 3.63) is 23.0 Å². The van der Waals surface area contributed by atoms with E-state index in [9.17, 15) is 14.4 Å². The summed E-state index contributed by atoms with van der Waals surface area (Å²) in [7, 11) is 1.38. The zero-order valence-corrected chi connectivity index (χ0v) is 13.1. The van der Waals surface area contributed by atoms with Crippen molar-refractivity contribution in [3.63, 3.8) is 0 Å². The monoisotopic (exact) mass is 306 g/mol. The first kappa shape index (κ1) is 16.5. The number of rotatable bonds is 1. The number of carbonyl (C=O) groups is 3. The molecule has 22 heavy (non-hydrogen) atoms. The molecule has 0 aromatic carbocycles. The number of hydrogen-bond donors (Lipinski definition) is 0. The molecule has 0 N–H and O–H groups in total. The summed E-state index contributed by atoms with van der Waals surface area (Å²) in [4.78, 5) is 36.4. The lowest BCUT2D eigenvalue weighted by atomic mass is 9.89. The summed E-state index contributed by atoms with van der Waals surface area (Å²) < 4.78 is 10.6. The van der Waals surface area contributed by atoms with Gasteiger partial charge in [-0.25, -0.2) is 4.79 Å². The minimum absolute atomic E-state index is 0.125. The molecular formula is C17H22O5. The molecule has 0 unspecified atom stereocenters. The lowest BCUT2D eigenvalue weighted by Gasteiger charge is -2.21. The number of ketones is 2. The molecule has 1 aliphatic carbocycles. The van der Waals surface area contributed by atoms with Crippen molar-refractivity contribution in [1.29, 1.82) is 0 Å². The second-order valence-corrected chi connectivity index (χ2v) is 5.78. The third-order valence-corrected chi connectivity index (χ3v) is 4.08. The molecule has 2 aliphatic rings. The summed E-state index contributed by atoms with van der Waals surface area (Å²) in [6.07, 6.45) is 7.01. The Morgan fingerprint density at radius 3 is 2.50 bits per heavy atom. The highest BCUT2D eigenvalue weighted by Crippen LogP contribution is 2.28. The molecule has 0 radical (unpaired) electrons. The first-order valence-corrected chi connectivity index (χ1v) is 7.83. The van der Waals surface area contributed by atoms with Gasteiger partial charge in [0.25, 0.3) is 0 Å². The van der Waals surface area contributed by atoms with Crippen molar-refractivity contribution in [2.45, 2.75) is 58.0 Å². The van der Waals surface area contributed by atoms with E-state index in [1.807, 2.05) is 6.92 Å². The molecule has 1 atom stereocenters. The van der Waals surface area contributed by atoms with Crippen molar-refractivity contribution in [1.82, 2.24) is 0 Å². The standard InChI is InChI=1S/C17H22O5/c1-11-8-6-4-3-5-7-9-12-15(17(20)22-11)14(21-2)10-13(18)16(12)19/h10-11H,3-9H2,1-2H3/t11-/m1/s1. The second kappa shape index (κ2) is 7.38. The zero-order chi connectivity index (χ0) is 16.1. The molecule has 120 valence electrons. The van der Waals surface area contributed by atoms with Gasteiger partial charge in [0, 0.05) is 11.6 Å². The van der Waals surface area contributed by atoms with E-state index in [1.54, 1.807) is 0 Å². The molecular weight excluding hydrogens is 284 g/mol. The normalized spacial score (nSPS) is 24.7. The van der Waals surface area contributed by atoms with Crippen LogP contribution in [0.4, 0.5) is 0 Å². The van der Waals surface area contributed by atoms with E-state index in [1.165, 1.54) is 7.11 Å². The predicted octanol–water partition coefficient (Wildman–Crippen LogP) is 2.64. The minimum Gasteiger partial charge on any atom is -0.496 e. The zero-order valence-electron chi connectivity index (χ0n) is 13.1. The lowest BCUT2D eigenvalue weighted by molar-refractivity contribution is -0.144. The van der Waals surface area contributed by atoms with Gasteiger partial charge in [-0.3, -0.25) is 9.59 Å². The molecule has 0 aromatic rings. The fourth-order valence-corrected chi connectivity index (χ4v) is 2.86. The second-order valence-electron chi connectivity index (χ2n) is 5.78. The van der Waals surface area contributed by atoms with Gasteiger partial charge in [-0.2, -0.15) is 0 Å². The Labute approximate surface area is 130 Å². The van der Waals surface area contributed by atoms with Crippen LogP contribution in [0.2, 0.25) is 0 Å². The summed E-state index contributed by atoms with van der Waals surface area (Å²) in [6.45, 7) is 1.84. The highest BCUT2D eigenvalue weighted by atomic mass is 16.5. The number of allylic oxidation sites excluding steroid dienone is 2. The van der Waals surface area contributed by atoms with Crippen molar-refractivity contribution in [2.75, 3.05) is 7.11 Å². The van der Waals surface area contributed by atoms with Gasteiger partial charge in [-0.15, -0.1) is 0 Å². The molecule has 0 saturated carbocycles. The van der Waals surface area contributed by atoms with Crippen LogP contribution in [0.15, 0.2) is 23.0 Å². The number of carbonyl (C=O) groups excluding carboxylic acids is 3. The lowest BCUT2D eigenvalue weighted by Crippen LogP contribution is -2.28. The van der Waals surface area contributed by atoms with Gasteiger partial charge in [0.2, 0.25) is 11.6 Å². The third kappa shape index (κ3) is 3.64. The number of Topliss-reactive ketones (excluding diaryl/α,β-unsaturated/α-hetero) is 1. The average molecular weight is 306 g/mol. The van der Waals surface area contributed by atoms with Gasteiger partial charge in [0.05, 0.1) is 13.2 Å². The molecule has 0 saturated heterocycles. The number of hydrogen-bond acceptors (Lipinski definition) is 5. The summed E-state index contributed by atoms with van der Waals surface area (Å²) in [5, 5.41) is 0. The Hall–Kier alpha value is -1.91. The molecule has 1 heterocycles. The van der Waals surface area contributed by atoms with E-state index >= 15 is 0 Å². The minimum atomic E-state index is -0.636. The molecule has 0 fully saturated rings. The quantitative estimate of drug-likeness (QED) is 0.423. The molecule has 5 nitrogen and oxygen atoms in total. The van der Waals surface area contributed by atoms with E-state index in [4.69, 9.17) is 9.47 Å². The highest BCUT2D eigenvalue weighted by molar-refractivity contribution is 6.49. The third-order valence-electron chi connectivity index (χ3n) is 4.08.